The second-order valence-electron chi connectivity index (χ2n) is 11.8. The summed E-state index contributed by atoms with van der Waals surface area (Å²) in [6, 6.07) is 26.1. The fraction of sp³-hybridized carbons (Fsp3) is 0.243. The second kappa shape index (κ2) is 14.1. The number of carbonyl (C=O) groups is 1. The van der Waals surface area contributed by atoms with Crippen molar-refractivity contribution in [2.45, 2.75) is 19.6 Å². The molecule has 2 aliphatic rings. The molecule has 3 heterocycles. The van der Waals surface area contributed by atoms with Crippen LogP contribution in [0, 0.1) is 0 Å². The zero-order valence-corrected chi connectivity index (χ0v) is 27.7. The van der Waals surface area contributed by atoms with Gasteiger partial charge in [0.1, 0.15) is 6.61 Å². The Morgan fingerprint density at radius 1 is 0.809 bits per heavy atom. The van der Waals surface area contributed by atoms with Crippen molar-refractivity contribution in [2.24, 2.45) is 0 Å². The third-order valence-corrected chi connectivity index (χ3v) is 9.61. The van der Waals surface area contributed by atoms with Crippen LogP contribution >= 0.6 is 22.9 Å². The molecule has 2 N–H and O–H groups in total. The van der Waals surface area contributed by atoms with Gasteiger partial charge in [0.25, 0.3) is 5.91 Å². The molecule has 0 atom stereocenters. The molecule has 1 amide bonds. The summed E-state index contributed by atoms with van der Waals surface area (Å²) in [6.07, 6.45) is 0.919. The quantitative estimate of drug-likeness (QED) is 0.158. The number of anilines is 3. The van der Waals surface area contributed by atoms with Crippen molar-refractivity contribution in [3.63, 3.8) is 0 Å². The highest BCUT2D eigenvalue weighted by atomic mass is 35.5. The number of nitrogens with one attached hydrogen (secondary N) is 2. The smallest absolute Gasteiger partial charge is 0.257 e. The first-order valence-electron chi connectivity index (χ1n) is 15.7. The van der Waals surface area contributed by atoms with Gasteiger partial charge in [0, 0.05) is 49.7 Å². The summed E-state index contributed by atoms with van der Waals surface area (Å²) in [5.41, 5.74) is 10.1. The van der Waals surface area contributed by atoms with Crippen molar-refractivity contribution < 1.29 is 14.3 Å². The Kier molecular flexibility index (Phi) is 9.39. The minimum Gasteiger partial charge on any atom is -0.493 e. The Morgan fingerprint density at radius 3 is 2.36 bits per heavy atom. The van der Waals surface area contributed by atoms with Crippen LogP contribution in [0.25, 0.3) is 11.1 Å². The van der Waals surface area contributed by atoms with Crippen LogP contribution in [0.4, 0.5) is 17.1 Å². The van der Waals surface area contributed by atoms with Crippen LogP contribution in [0.2, 0.25) is 5.02 Å². The van der Waals surface area contributed by atoms with E-state index in [0.29, 0.717) is 23.7 Å². The number of piperazine rings is 1. The minimum atomic E-state index is -0.130. The molecule has 240 valence electrons. The number of aromatic nitrogens is 1. The van der Waals surface area contributed by atoms with Crippen molar-refractivity contribution in [3.05, 3.63) is 117 Å². The number of halogens is 1. The molecule has 1 saturated heterocycles. The molecular formula is C37H36ClN5O3S. The van der Waals surface area contributed by atoms with Crippen LogP contribution in [0.3, 0.4) is 0 Å². The number of thiazole rings is 1. The monoisotopic (exact) mass is 665 g/mol. The van der Waals surface area contributed by atoms with Gasteiger partial charge in [-0.05, 0) is 77.2 Å². The molecule has 0 aliphatic carbocycles. The zero-order valence-electron chi connectivity index (χ0n) is 26.2. The Morgan fingerprint density at radius 2 is 1.57 bits per heavy atom. The standard InChI is InChI=1S/C37H36ClN5O3S/c1-45-36-20-28(6-11-35(36)46-22-30-23-47-24-39-30)27-5-9-31-33(19-27)40-32-10-4-25(18-34(32)41-37(31)44)12-13-42-14-16-43(17-15-42)21-26-2-7-29(38)8-3-26/h2-11,18-20,23-24,40H,12-17,21-22H2,1H3,(H,41,44). The molecule has 0 saturated carbocycles. The van der Waals surface area contributed by atoms with Gasteiger partial charge in [0.2, 0.25) is 0 Å². The molecule has 0 unspecified atom stereocenters. The van der Waals surface area contributed by atoms with E-state index in [4.69, 9.17) is 21.1 Å². The molecule has 7 rings (SSSR count). The molecule has 5 aromatic rings. The highest BCUT2D eigenvalue weighted by molar-refractivity contribution is 7.07. The largest absolute Gasteiger partial charge is 0.493 e. The van der Waals surface area contributed by atoms with E-state index >= 15 is 0 Å². The van der Waals surface area contributed by atoms with Crippen LogP contribution in [0.1, 0.15) is 27.2 Å². The maximum Gasteiger partial charge on any atom is 0.257 e. The van der Waals surface area contributed by atoms with Crippen molar-refractivity contribution in [2.75, 3.05) is 50.5 Å². The summed E-state index contributed by atoms with van der Waals surface area (Å²) >= 11 is 7.58. The van der Waals surface area contributed by atoms with Crippen LogP contribution in [0.5, 0.6) is 11.5 Å². The third-order valence-electron chi connectivity index (χ3n) is 8.72. The lowest BCUT2D eigenvalue weighted by Crippen LogP contribution is -2.46. The Balaban J connectivity index is 0.985. The Hall–Kier alpha value is -4.41. The lowest BCUT2D eigenvalue weighted by Gasteiger charge is -2.34. The van der Waals surface area contributed by atoms with Gasteiger partial charge in [-0.3, -0.25) is 9.69 Å². The lowest BCUT2D eigenvalue weighted by molar-refractivity contribution is 0.102. The van der Waals surface area contributed by atoms with Crippen LogP contribution in [-0.4, -0.2) is 60.5 Å². The first-order valence-corrected chi connectivity index (χ1v) is 17.1. The SMILES string of the molecule is COc1cc(-c2ccc3c(c2)Nc2ccc(CCN4CCN(Cc5ccc(Cl)cc5)CC4)cc2NC3=O)ccc1OCc1cscn1. The zero-order chi connectivity index (χ0) is 32.2. The van der Waals surface area contributed by atoms with E-state index in [1.165, 1.54) is 22.5 Å². The van der Waals surface area contributed by atoms with Gasteiger partial charge in [-0.1, -0.05) is 41.9 Å². The number of amides is 1. The van der Waals surface area contributed by atoms with Crippen LogP contribution in [0.15, 0.2) is 89.8 Å². The maximum absolute atomic E-state index is 13.3. The van der Waals surface area contributed by atoms with E-state index in [-0.39, 0.29) is 5.91 Å². The van der Waals surface area contributed by atoms with Gasteiger partial charge in [-0.2, -0.15) is 0 Å². The van der Waals surface area contributed by atoms with E-state index < -0.39 is 0 Å². The highest BCUT2D eigenvalue weighted by Gasteiger charge is 2.21. The third kappa shape index (κ3) is 7.44. The molecule has 8 nitrogen and oxygen atoms in total. The van der Waals surface area contributed by atoms with Crippen molar-refractivity contribution in [1.29, 1.82) is 0 Å². The number of hydrogen-bond donors (Lipinski definition) is 2. The second-order valence-corrected chi connectivity index (χ2v) is 13.0. The van der Waals surface area contributed by atoms with Gasteiger partial charge in [-0.15, -0.1) is 11.3 Å². The summed E-state index contributed by atoms with van der Waals surface area (Å²) < 4.78 is 11.6. The maximum atomic E-state index is 13.3. The number of benzene rings is 4. The summed E-state index contributed by atoms with van der Waals surface area (Å²) in [4.78, 5) is 22.6. The lowest BCUT2D eigenvalue weighted by atomic mass is 10.0. The predicted molar refractivity (Wildman–Crippen MR) is 189 cm³/mol. The topological polar surface area (TPSA) is 79.0 Å². The van der Waals surface area contributed by atoms with Gasteiger partial charge in [0.05, 0.1) is 40.9 Å². The number of rotatable bonds is 10. The molecule has 10 heteroatoms. The van der Waals surface area contributed by atoms with E-state index in [2.05, 4.69) is 55.7 Å². The van der Waals surface area contributed by atoms with E-state index in [1.807, 2.05) is 53.9 Å². The normalized spacial score (nSPS) is 14.8. The van der Waals surface area contributed by atoms with Crippen LogP contribution < -0.4 is 20.1 Å². The number of ether oxygens (including phenoxy) is 2. The van der Waals surface area contributed by atoms with E-state index in [1.54, 1.807) is 12.6 Å². The fourth-order valence-electron chi connectivity index (χ4n) is 6.05. The van der Waals surface area contributed by atoms with Gasteiger partial charge in [-0.25, -0.2) is 4.98 Å². The molecular weight excluding hydrogens is 630 g/mol. The number of carbonyl (C=O) groups excluding carboxylic acids is 1. The van der Waals surface area contributed by atoms with Gasteiger partial charge < -0.3 is 25.0 Å². The summed E-state index contributed by atoms with van der Waals surface area (Å²) in [5, 5.41) is 9.38. The first kappa shape index (κ1) is 31.2. The number of methoxy groups -OCH3 is 1. The predicted octanol–water partition coefficient (Wildman–Crippen LogP) is 7.72. The number of fused-ring (bicyclic) bond motifs is 2. The van der Waals surface area contributed by atoms with Crippen molar-refractivity contribution in [3.8, 4) is 22.6 Å². The molecule has 2 aliphatic heterocycles. The first-order chi connectivity index (χ1) is 23.0. The van der Waals surface area contributed by atoms with Gasteiger partial charge >= 0.3 is 0 Å². The summed E-state index contributed by atoms with van der Waals surface area (Å²) in [5.74, 6) is 1.16. The Bertz CT molecular complexity index is 1860. The van der Waals surface area contributed by atoms with E-state index in [9.17, 15) is 4.79 Å². The van der Waals surface area contributed by atoms with E-state index in [0.717, 1.165) is 84.6 Å². The fourth-order valence-corrected chi connectivity index (χ4v) is 6.72. The molecule has 47 heavy (non-hydrogen) atoms. The molecule has 1 fully saturated rings. The highest BCUT2D eigenvalue weighted by Crippen LogP contribution is 2.38. The molecule has 0 bridgehead atoms. The molecule has 0 radical (unpaired) electrons. The minimum absolute atomic E-state index is 0.130. The molecule has 1 aromatic heterocycles. The summed E-state index contributed by atoms with van der Waals surface area (Å²) in [6.45, 7) is 6.50. The number of hydrogen-bond acceptors (Lipinski definition) is 8. The molecule has 4 aromatic carbocycles. The van der Waals surface area contributed by atoms with Crippen molar-refractivity contribution >= 4 is 45.9 Å². The Labute approximate surface area is 283 Å². The molecule has 0 spiro atoms. The van der Waals surface area contributed by atoms with Crippen molar-refractivity contribution in [1.82, 2.24) is 14.8 Å². The van der Waals surface area contributed by atoms with Gasteiger partial charge in [0.15, 0.2) is 11.5 Å². The van der Waals surface area contributed by atoms with Crippen LogP contribution in [-0.2, 0) is 19.6 Å². The average Bonchev–Trinajstić information content (AvgIpc) is 3.58. The number of nitrogens with zero attached hydrogens (tertiary/aromatic N) is 3. The summed E-state index contributed by atoms with van der Waals surface area (Å²) in [7, 11) is 1.63. The average molecular weight is 666 g/mol.